The Kier molecular flexibility index (Phi) is 5.73. The summed E-state index contributed by atoms with van der Waals surface area (Å²) in [5.74, 6) is 1.97. The van der Waals surface area contributed by atoms with E-state index >= 15 is 0 Å². The van der Waals surface area contributed by atoms with Crippen LogP contribution in [0.5, 0.6) is 0 Å². The number of carbonyl (C=O) groups excluding carboxylic acids is 1. The Morgan fingerprint density at radius 1 is 1.20 bits per heavy atom. The number of nitrogens with zero attached hydrogens (tertiary/aromatic N) is 2. The van der Waals surface area contributed by atoms with Gasteiger partial charge in [-0.1, -0.05) is 12.5 Å². The molecule has 1 N–H and O–H groups in total. The first-order valence-electron chi connectivity index (χ1n) is 10.0. The number of hydrogen-bond acceptors (Lipinski definition) is 4. The molecule has 3 saturated heterocycles. The van der Waals surface area contributed by atoms with Crippen LogP contribution in [0.25, 0.3) is 0 Å². The number of rotatable bonds is 7. The van der Waals surface area contributed by atoms with Crippen LogP contribution in [0.4, 0.5) is 0 Å². The van der Waals surface area contributed by atoms with Crippen molar-refractivity contribution in [2.45, 2.75) is 51.1 Å². The molecule has 2 atom stereocenters. The van der Waals surface area contributed by atoms with Crippen molar-refractivity contribution < 1.29 is 4.79 Å². The Hall–Kier alpha value is -0.910. The van der Waals surface area contributed by atoms with Crippen LogP contribution in [0.2, 0.25) is 0 Å². The van der Waals surface area contributed by atoms with Crippen molar-refractivity contribution in [1.29, 1.82) is 0 Å². The second kappa shape index (κ2) is 8.19. The van der Waals surface area contributed by atoms with Crippen LogP contribution in [0.15, 0.2) is 17.5 Å². The van der Waals surface area contributed by atoms with E-state index in [1.165, 1.54) is 63.2 Å². The van der Waals surface area contributed by atoms with E-state index in [-0.39, 0.29) is 5.91 Å². The summed E-state index contributed by atoms with van der Waals surface area (Å²) in [5, 5.41) is 5.12. The molecule has 1 aromatic heterocycles. The van der Waals surface area contributed by atoms with Crippen LogP contribution >= 0.6 is 11.3 Å². The molecule has 2 bridgehead atoms. The van der Waals surface area contributed by atoms with Gasteiger partial charge in [-0.15, -0.1) is 11.3 Å². The first-order valence-corrected chi connectivity index (χ1v) is 10.9. The summed E-state index contributed by atoms with van der Waals surface area (Å²) < 4.78 is 0. The lowest BCUT2D eigenvalue weighted by atomic mass is 9.83. The fourth-order valence-electron chi connectivity index (χ4n) is 4.64. The van der Waals surface area contributed by atoms with Gasteiger partial charge in [-0.05, 0) is 49.0 Å². The maximum absolute atomic E-state index is 12.2. The monoisotopic (exact) mass is 361 g/mol. The van der Waals surface area contributed by atoms with Crippen LogP contribution in [0.1, 0.15) is 43.4 Å². The van der Waals surface area contributed by atoms with Gasteiger partial charge < -0.3 is 10.2 Å². The molecule has 0 spiro atoms. The summed E-state index contributed by atoms with van der Waals surface area (Å²) in [5.41, 5.74) is 0. The third kappa shape index (κ3) is 4.63. The van der Waals surface area contributed by atoms with Gasteiger partial charge in [0.15, 0.2) is 0 Å². The normalized spacial score (nSPS) is 27.8. The van der Waals surface area contributed by atoms with Crippen molar-refractivity contribution in [3.63, 3.8) is 0 Å². The fraction of sp³-hybridized carbons (Fsp3) is 0.750. The Labute approximate surface area is 155 Å². The topological polar surface area (TPSA) is 35.6 Å². The number of fused-ring (bicyclic) bond motifs is 4. The molecular weight excluding hydrogens is 330 g/mol. The van der Waals surface area contributed by atoms with Crippen molar-refractivity contribution in [2.24, 2.45) is 11.8 Å². The van der Waals surface area contributed by atoms with Gasteiger partial charge >= 0.3 is 0 Å². The minimum Gasteiger partial charge on any atom is -0.351 e. The highest BCUT2D eigenvalue weighted by molar-refractivity contribution is 7.09. The van der Waals surface area contributed by atoms with Crippen LogP contribution in [0.3, 0.4) is 0 Å². The average Bonchev–Trinajstić information content (AvgIpc) is 2.95. The number of nitrogens with one attached hydrogen (secondary N) is 1. The molecule has 5 heteroatoms. The van der Waals surface area contributed by atoms with E-state index < -0.39 is 0 Å². The summed E-state index contributed by atoms with van der Waals surface area (Å²) in [6.45, 7) is 6.58. The SMILES string of the molecule is O=C(CCN1C[C@@H]2CC[C@H](C1)N(CC1CCC1)C2)NCc1cccs1. The van der Waals surface area contributed by atoms with Crippen LogP contribution < -0.4 is 5.32 Å². The molecule has 5 rings (SSSR count). The molecule has 4 heterocycles. The number of carbonyl (C=O) groups is 1. The third-order valence-electron chi connectivity index (χ3n) is 6.32. The van der Waals surface area contributed by atoms with Gasteiger partial charge in [-0.2, -0.15) is 0 Å². The quantitative estimate of drug-likeness (QED) is 0.811. The Bertz CT molecular complexity index is 557. The number of thiophene rings is 1. The summed E-state index contributed by atoms with van der Waals surface area (Å²) in [4.78, 5) is 18.7. The maximum atomic E-state index is 12.2. The fourth-order valence-corrected chi connectivity index (χ4v) is 5.28. The molecule has 138 valence electrons. The van der Waals surface area contributed by atoms with Gasteiger partial charge in [0.25, 0.3) is 0 Å². The van der Waals surface area contributed by atoms with Crippen LogP contribution in [0, 0.1) is 11.8 Å². The van der Waals surface area contributed by atoms with Crippen molar-refractivity contribution >= 4 is 17.2 Å². The first-order chi connectivity index (χ1) is 12.3. The smallest absolute Gasteiger partial charge is 0.221 e. The molecule has 25 heavy (non-hydrogen) atoms. The van der Waals surface area contributed by atoms with E-state index in [9.17, 15) is 4.79 Å². The zero-order chi connectivity index (χ0) is 17.1. The van der Waals surface area contributed by atoms with E-state index in [1.807, 2.05) is 6.07 Å². The van der Waals surface area contributed by atoms with Gasteiger partial charge in [0.2, 0.25) is 5.91 Å². The molecule has 4 fully saturated rings. The molecule has 1 amide bonds. The van der Waals surface area contributed by atoms with E-state index in [1.54, 1.807) is 11.3 Å². The van der Waals surface area contributed by atoms with Gasteiger partial charge in [0.05, 0.1) is 6.54 Å². The largest absolute Gasteiger partial charge is 0.351 e. The molecule has 1 saturated carbocycles. The second-order valence-corrected chi connectivity index (χ2v) is 9.25. The molecule has 1 aliphatic carbocycles. The van der Waals surface area contributed by atoms with E-state index in [0.717, 1.165) is 24.4 Å². The standard InChI is InChI=1S/C20H31N3OS/c24-20(21-11-19-5-2-10-25-19)8-9-22-12-17-6-7-18(15-22)23(14-17)13-16-3-1-4-16/h2,5,10,16-18H,1,3-4,6-9,11-15H2,(H,21,24)/t17-,18+/m0/s1. The molecule has 3 aliphatic heterocycles. The van der Waals surface area contributed by atoms with Crippen molar-refractivity contribution in [3.05, 3.63) is 22.4 Å². The second-order valence-electron chi connectivity index (χ2n) is 8.21. The number of amides is 1. The predicted octanol–water partition coefficient (Wildman–Crippen LogP) is 2.95. The van der Waals surface area contributed by atoms with Gasteiger partial charge in [0, 0.05) is 50.1 Å². The van der Waals surface area contributed by atoms with Crippen LogP contribution in [-0.2, 0) is 11.3 Å². The summed E-state index contributed by atoms with van der Waals surface area (Å²) in [6.07, 6.45) is 7.71. The van der Waals surface area contributed by atoms with Crippen molar-refractivity contribution in [2.75, 3.05) is 32.7 Å². The average molecular weight is 362 g/mol. The van der Waals surface area contributed by atoms with Crippen molar-refractivity contribution in [3.8, 4) is 0 Å². The maximum Gasteiger partial charge on any atom is 0.221 e. The lowest BCUT2D eigenvalue weighted by Gasteiger charge is -2.40. The summed E-state index contributed by atoms with van der Waals surface area (Å²) >= 11 is 1.70. The van der Waals surface area contributed by atoms with Gasteiger partial charge in [-0.3, -0.25) is 9.69 Å². The minimum absolute atomic E-state index is 0.191. The molecule has 0 radical (unpaired) electrons. The summed E-state index contributed by atoms with van der Waals surface area (Å²) in [7, 11) is 0. The third-order valence-corrected chi connectivity index (χ3v) is 7.19. The Morgan fingerprint density at radius 3 is 2.88 bits per heavy atom. The molecule has 0 aromatic carbocycles. The molecule has 4 nitrogen and oxygen atoms in total. The van der Waals surface area contributed by atoms with E-state index in [2.05, 4.69) is 26.6 Å². The predicted molar refractivity (Wildman–Crippen MR) is 103 cm³/mol. The number of piperidine rings is 1. The molecular formula is C20H31N3OS. The Morgan fingerprint density at radius 2 is 2.12 bits per heavy atom. The highest BCUT2D eigenvalue weighted by atomic mass is 32.1. The minimum atomic E-state index is 0.191. The number of hydrogen-bond donors (Lipinski definition) is 1. The van der Waals surface area contributed by atoms with Crippen molar-refractivity contribution in [1.82, 2.24) is 15.1 Å². The summed E-state index contributed by atoms with van der Waals surface area (Å²) in [6, 6.07) is 4.84. The Balaban J connectivity index is 1.22. The molecule has 4 aliphatic rings. The van der Waals surface area contributed by atoms with E-state index in [0.29, 0.717) is 13.0 Å². The van der Waals surface area contributed by atoms with Gasteiger partial charge in [-0.25, -0.2) is 0 Å². The molecule has 0 unspecified atom stereocenters. The molecule has 1 aromatic rings. The highest BCUT2D eigenvalue weighted by Crippen LogP contribution is 2.33. The van der Waals surface area contributed by atoms with Crippen LogP contribution in [-0.4, -0.2) is 54.5 Å². The van der Waals surface area contributed by atoms with Gasteiger partial charge in [0.1, 0.15) is 0 Å². The zero-order valence-corrected chi connectivity index (χ0v) is 16.0. The van der Waals surface area contributed by atoms with E-state index in [4.69, 9.17) is 0 Å². The zero-order valence-electron chi connectivity index (χ0n) is 15.2. The first kappa shape index (κ1) is 17.5. The lowest BCUT2D eigenvalue weighted by Crippen LogP contribution is -2.47. The lowest BCUT2D eigenvalue weighted by molar-refractivity contribution is -0.121. The highest BCUT2D eigenvalue weighted by Gasteiger charge is 2.36.